The van der Waals surface area contributed by atoms with Gasteiger partial charge < -0.3 is 4.57 Å². The van der Waals surface area contributed by atoms with Gasteiger partial charge in [0, 0.05) is 25.2 Å². The Labute approximate surface area is 113 Å². The second-order valence-corrected chi connectivity index (χ2v) is 5.32. The Bertz CT molecular complexity index is 594. The molecular formula is C13H13BrFN3. The van der Waals surface area contributed by atoms with Crippen LogP contribution in [0, 0.1) is 5.82 Å². The van der Waals surface area contributed by atoms with Gasteiger partial charge in [0.2, 0.25) is 0 Å². The van der Waals surface area contributed by atoms with Gasteiger partial charge in [0.05, 0.1) is 5.69 Å². The molecule has 0 fully saturated rings. The van der Waals surface area contributed by atoms with Crippen LogP contribution in [0.5, 0.6) is 0 Å². The molecular weight excluding hydrogens is 297 g/mol. The number of halogens is 2. The van der Waals surface area contributed by atoms with Gasteiger partial charge in [-0.15, -0.1) is 0 Å². The lowest BCUT2D eigenvalue weighted by Gasteiger charge is -2.25. The van der Waals surface area contributed by atoms with Gasteiger partial charge in [0.15, 0.2) is 0 Å². The summed E-state index contributed by atoms with van der Waals surface area (Å²) < 4.78 is 16.3. The van der Waals surface area contributed by atoms with Crippen LogP contribution in [0.1, 0.15) is 5.69 Å². The molecule has 0 bridgehead atoms. The Morgan fingerprint density at radius 2 is 2.17 bits per heavy atom. The summed E-state index contributed by atoms with van der Waals surface area (Å²) in [5.41, 5.74) is 1.98. The van der Waals surface area contributed by atoms with E-state index >= 15 is 0 Å². The Morgan fingerprint density at radius 3 is 2.94 bits per heavy atom. The molecule has 0 atom stereocenters. The van der Waals surface area contributed by atoms with Crippen LogP contribution in [-0.2, 0) is 13.1 Å². The first-order valence-corrected chi connectivity index (χ1v) is 6.64. The normalized spacial score (nSPS) is 15.7. The molecule has 5 heteroatoms. The van der Waals surface area contributed by atoms with Gasteiger partial charge in [-0.05, 0) is 35.1 Å². The first-order valence-electron chi connectivity index (χ1n) is 5.84. The number of hydrogen-bond donors (Lipinski definition) is 0. The van der Waals surface area contributed by atoms with Crippen molar-refractivity contribution in [1.82, 2.24) is 14.5 Å². The van der Waals surface area contributed by atoms with Crippen molar-refractivity contribution in [2.75, 3.05) is 13.6 Å². The van der Waals surface area contributed by atoms with Crippen molar-refractivity contribution < 1.29 is 4.39 Å². The van der Waals surface area contributed by atoms with Crippen molar-refractivity contribution in [1.29, 1.82) is 0 Å². The third-order valence-corrected chi connectivity index (χ3v) is 3.87. The fourth-order valence-electron chi connectivity index (χ4n) is 2.30. The number of hydrogen-bond acceptors (Lipinski definition) is 2. The summed E-state index contributed by atoms with van der Waals surface area (Å²) >= 11 is 3.49. The number of imidazole rings is 1. The van der Waals surface area contributed by atoms with E-state index in [4.69, 9.17) is 0 Å². The lowest BCUT2D eigenvalue weighted by molar-refractivity contribution is 0.270. The first-order chi connectivity index (χ1) is 8.65. The summed E-state index contributed by atoms with van der Waals surface area (Å²) in [6.07, 6.45) is 0. The molecule has 2 aromatic rings. The van der Waals surface area contributed by atoms with E-state index in [1.54, 1.807) is 6.07 Å². The second-order valence-electron chi connectivity index (χ2n) is 4.57. The van der Waals surface area contributed by atoms with Crippen LogP contribution in [-0.4, -0.2) is 28.0 Å². The van der Waals surface area contributed by atoms with Gasteiger partial charge in [-0.3, -0.25) is 4.90 Å². The van der Waals surface area contributed by atoms with Crippen molar-refractivity contribution in [3.63, 3.8) is 0 Å². The SMILES string of the molecule is CN1CCn2c(-c3cccc(F)c3)nc(Br)c2C1. The minimum Gasteiger partial charge on any atom is -0.325 e. The smallest absolute Gasteiger partial charge is 0.141 e. The molecule has 0 spiro atoms. The summed E-state index contributed by atoms with van der Waals surface area (Å²) in [5, 5.41) is 0. The number of likely N-dealkylation sites (N-methyl/N-ethyl adjacent to an activating group) is 1. The fraction of sp³-hybridized carbons (Fsp3) is 0.308. The molecule has 18 heavy (non-hydrogen) atoms. The zero-order chi connectivity index (χ0) is 12.7. The van der Waals surface area contributed by atoms with Crippen molar-refractivity contribution >= 4 is 15.9 Å². The lowest BCUT2D eigenvalue weighted by atomic mass is 10.2. The van der Waals surface area contributed by atoms with Gasteiger partial charge >= 0.3 is 0 Å². The maximum Gasteiger partial charge on any atom is 0.141 e. The minimum absolute atomic E-state index is 0.228. The third-order valence-electron chi connectivity index (χ3n) is 3.23. The predicted octanol–water partition coefficient (Wildman–Crippen LogP) is 2.90. The Kier molecular flexibility index (Phi) is 2.95. The Hall–Kier alpha value is -1.20. The van der Waals surface area contributed by atoms with E-state index in [1.807, 2.05) is 6.07 Å². The number of nitrogens with zero attached hydrogens (tertiary/aromatic N) is 3. The van der Waals surface area contributed by atoms with Crippen LogP contribution in [0.2, 0.25) is 0 Å². The Balaban J connectivity index is 2.11. The molecule has 1 aromatic heterocycles. The van der Waals surface area contributed by atoms with E-state index in [-0.39, 0.29) is 5.82 Å². The van der Waals surface area contributed by atoms with Crippen LogP contribution < -0.4 is 0 Å². The molecule has 1 aromatic carbocycles. The third kappa shape index (κ3) is 1.97. The fourth-order valence-corrected chi connectivity index (χ4v) is 2.81. The van der Waals surface area contributed by atoms with E-state index in [0.29, 0.717) is 0 Å². The van der Waals surface area contributed by atoms with Crippen LogP contribution in [0.4, 0.5) is 4.39 Å². The molecule has 0 amide bonds. The highest BCUT2D eigenvalue weighted by atomic mass is 79.9. The molecule has 3 nitrogen and oxygen atoms in total. The average molecular weight is 310 g/mol. The van der Waals surface area contributed by atoms with Gasteiger partial charge in [0.25, 0.3) is 0 Å². The largest absolute Gasteiger partial charge is 0.325 e. The molecule has 0 aliphatic carbocycles. The highest BCUT2D eigenvalue weighted by molar-refractivity contribution is 9.10. The van der Waals surface area contributed by atoms with Crippen LogP contribution in [0.15, 0.2) is 28.9 Å². The van der Waals surface area contributed by atoms with Gasteiger partial charge in [0.1, 0.15) is 16.2 Å². The topological polar surface area (TPSA) is 21.1 Å². The zero-order valence-corrected chi connectivity index (χ0v) is 11.6. The molecule has 0 radical (unpaired) electrons. The number of benzene rings is 1. The highest BCUT2D eigenvalue weighted by Crippen LogP contribution is 2.29. The van der Waals surface area contributed by atoms with Crippen LogP contribution in [0.3, 0.4) is 0 Å². The van der Waals surface area contributed by atoms with E-state index in [2.05, 4.69) is 37.4 Å². The molecule has 94 valence electrons. The number of fused-ring (bicyclic) bond motifs is 1. The maximum atomic E-state index is 13.3. The standard InChI is InChI=1S/C13H13BrFN3/c1-17-5-6-18-11(8-17)12(14)16-13(18)9-3-2-4-10(15)7-9/h2-4,7H,5-6,8H2,1H3. The maximum absolute atomic E-state index is 13.3. The van der Waals surface area contributed by atoms with Crippen molar-refractivity contribution in [2.24, 2.45) is 0 Å². The van der Waals surface area contributed by atoms with E-state index in [9.17, 15) is 4.39 Å². The predicted molar refractivity (Wildman–Crippen MR) is 71.7 cm³/mol. The van der Waals surface area contributed by atoms with Crippen LogP contribution >= 0.6 is 15.9 Å². The van der Waals surface area contributed by atoms with Crippen LogP contribution in [0.25, 0.3) is 11.4 Å². The molecule has 0 saturated carbocycles. The molecule has 1 aliphatic heterocycles. The molecule has 0 unspecified atom stereocenters. The summed E-state index contributed by atoms with van der Waals surface area (Å²) in [5.74, 6) is 0.610. The molecule has 0 N–H and O–H groups in total. The molecule has 2 heterocycles. The Morgan fingerprint density at radius 1 is 1.33 bits per heavy atom. The van der Waals surface area contributed by atoms with E-state index in [1.165, 1.54) is 12.1 Å². The zero-order valence-electron chi connectivity index (χ0n) is 10.0. The van der Waals surface area contributed by atoms with Gasteiger partial charge in [-0.2, -0.15) is 0 Å². The second kappa shape index (κ2) is 4.48. The van der Waals surface area contributed by atoms with Gasteiger partial charge in [-0.25, -0.2) is 9.37 Å². The summed E-state index contributed by atoms with van der Waals surface area (Å²) in [6.45, 7) is 2.73. The van der Waals surface area contributed by atoms with Crippen molar-refractivity contribution in [2.45, 2.75) is 13.1 Å². The number of rotatable bonds is 1. The molecule has 3 rings (SSSR count). The summed E-state index contributed by atoms with van der Waals surface area (Å²) in [6, 6.07) is 6.59. The molecule has 0 saturated heterocycles. The lowest BCUT2D eigenvalue weighted by Crippen LogP contribution is -2.30. The minimum atomic E-state index is -0.228. The van der Waals surface area contributed by atoms with Gasteiger partial charge in [-0.1, -0.05) is 12.1 Å². The number of aromatic nitrogens is 2. The summed E-state index contributed by atoms with van der Waals surface area (Å²) in [4.78, 5) is 6.77. The quantitative estimate of drug-likeness (QED) is 0.807. The monoisotopic (exact) mass is 309 g/mol. The first kappa shape index (κ1) is 11.9. The van der Waals surface area contributed by atoms with E-state index < -0.39 is 0 Å². The van der Waals surface area contributed by atoms with E-state index in [0.717, 1.165) is 41.3 Å². The highest BCUT2D eigenvalue weighted by Gasteiger charge is 2.21. The summed E-state index contributed by atoms with van der Waals surface area (Å²) in [7, 11) is 2.09. The molecule has 1 aliphatic rings. The van der Waals surface area contributed by atoms with Crippen molar-refractivity contribution in [3.8, 4) is 11.4 Å². The van der Waals surface area contributed by atoms with Crippen molar-refractivity contribution in [3.05, 3.63) is 40.4 Å². The average Bonchev–Trinajstić information content (AvgIpc) is 2.67.